The number of thioether (sulfide) groups is 1. The van der Waals surface area contributed by atoms with Crippen LogP contribution in [0.4, 0.5) is 0 Å². The summed E-state index contributed by atoms with van der Waals surface area (Å²) in [6, 6.07) is 8.40. The van der Waals surface area contributed by atoms with E-state index in [0.717, 1.165) is 18.8 Å². The van der Waals surface area contributed by atoms with Gasteiger partial charge in [-0.2, -0.15) is 11.8 Å². The third-order valence-electron chi connectivity index (χ3n) is 2.22. The summed E-state index contributed by atoms with van der Waals surface area (Å²) in [5.41, 5.74) is 2.61. The summed E-state index contributed by atoms with van der Waals surface area (Å²) in [7, 11) is 1.73. The molecule has 1 rings (SSSR count). The smallest absolute Gasteiger partial charge is 0.0716 e. The van der Waals surface area contributed by atoms with Crippen molar-refractivity contribution in [2.45, 2.75) is 13.2 Å². The van der Waals surface area contributed by atoms with E-state index in [1.807, 2.05) is 11.8 Å². The van der Waals surface area contributed by atoms with E-state index in [-0.39, 0.29) is 0 Å². The van der Waals surface area contributed by atoms with Crippen molar-refractivity contribution < 1.29 is 4.74 Å². The second-order valence-electron chi connectivity index (χ2n) is 3.37. The summed E-state index contributed by atoms with van der Waals surface area (Å²) in [6.45, 7) is 2.68. The number of nitrogens with one attached hydrogen (secondary N) is 1. The first-order chi connectivity index (χ1) is 7.38. The Bertz CT molecular complexity index is 278. The Morgan fingerprint density at radius 2 is 2.00 bits per heavy atom. The van der Waals surface area contributed by atoms with Crippen molar-refractivity contribution in [1.82, 2.24) is 5.32 Å². The second kappa shape index (κ2) is 7.74. The molecule has 3 heteroatoms. The second-order valence-corrected chi connectivity index (χ2v) is 4.36. The Kier molecular flexibility index (Phi) is 6.48. The first-order valence-electron chi connectivity index (χ1n) is 5.14. The van der Waals surface area contributed by atoms with Crippen LogP contribution in [0.25, 0.3) is 0 Å². The number of benzene rings is 1. The molecule has 0 spiro atoms. The Labute approximate surface area is 96.4 Å². The SMILES string of the molecule is COCc1ccccc1CNCCSC. The van der Waals surface area contributed by atoms with Crippen LogP contribution in [0.15, 0.2) is 24.3 Å². The molecule has 84 valence electrons. The van der Waals surface area contributed by atoms with Gasteiger partial charge in [0, 0.05) is 26.0 Å². The highest BCUT2D eigenvalue weighted by Crippen LogP contribution is 2.09. The van der Waals surface area contributed by atoms with Crippen molar-refractivity contribution in [3.8, 4) is 0 Å². The van der Waals surface area contributed by atoms with Crippen LogP contribution < -0.4 is 5.32 Å². The molecule has 0 unspecified atom stereocenters. The average Bonchev–Trinajstić information content (AvgIpc) is 2.27. The molecule has 1 aromatic carbocycles. The first kappa shape index (κ1) is 12.6. The van der Waals surface area contributed by atoms with E-state index in [1.165, 1.54) is 11.1 Å². The summed E-state index contributed by atoms with van der Waals surface area (Å²) in [6.07, 6.45) is 2.13. The van der Waals surface area contributed by atoms with Crippen LogP contribution >= 0.6 is 11.8 Å². The Morgan fingerprint density at radius 1 is 1.27 bits per heavy atom. The van der Waals surface area contributed by atoms with Gasteiger partial charge in [-0.05, 0) is 17.4 Å². The lowest BCUT2D eigenvalue weighted by molar-refractivity contribution is 0.184. The van der Waals surface area contributed by atoms with Crippen LogP contribution in [0.5, 0.6) is 0 Å². The summed E-state index contributed by atoms with van der Waals surface area (Å²) >= 11 is 1.86. The molecule has 0 amide bonds. The normalized spacial score (nSPS) is 10.5. The van der Waals surface area contributed by atoms with Crippen molar-refractivity contribution >= 4 is 11.8 Å². The van der Waals surface area contributed by atoms with E-state index < -0.39 is 0 Å². The number of ether oxygens (including phenoxy) is 1. The summed E-state index contributed by atoms with van der Waals surface area (Å²) in [5, 5.41) is 3.43. The third-order valence-corrected chi connectivity index (χ3v) is 2.83. The van der Waals surface area contributed by atoms with Gasteiger partial charge < -0.3 is 10.1 Å². The maximum absolute atomic E-state index is 5.16. The molecule has 0 saturated heterocycles. The minimum Gasteiger partial charge on any atom is -0.380 e. The lowest BCUT2D eigenvalue weighted by atomic mass is 10.1. The van der Waals surface area contributed by atoms with Gasteiger partial charge >= 0.3 is 0 Å². The van der Waals surface area contributed by atoms with Gasteiger partial charge in [0.2, 0.25) is 0 Å². The Morgan fingerprint density at radius 3 is 2.67 bits per heavy atom. The zero-order valence-electron chi connectivity index (χ0n) is 9.45. The number of hydrogen-bond acceptors (Lipinski definition) is 3. The molecular weight excluding hydrogens is 206 g/mol. The number of hydrogen-bond donors (Lipinski definition) is 1. The minimum atomic E-state index is 0.695. The van der Waals surface area contributed by atoms with Gasteiger partial charge in [0.1, 0.15) is 0 Å². The van der Waals surface area contributed by atoms with E-state index in [1.54, 1.807) is 7.11 Å². The average molecular weight is 225 g/mol. The van der Waals surface area contributed by atoms with E-state index in [9.17, 15) is 0 Å². The molecule has 1 aromatic rings. The van der Waals surface area contributed by atoms with Gasteiger partial charge in [0.25, 0.3) is 0 Å². The van der Waals surface area contributed by atoms with Crippen LogP contribution in [-0.2, 0) is 17.9 Å². The fourth-order valence-electron chi connectivity index (χ4n) is 1.42. The molecule has 0 saturated carbocycles. The van der Waals surface area contributed by atoms with Crippen LogP contribution in [0.1, 0.15) is 11.1 Å². The Balaban J connectivity index is 2.44. The van der Waals surface area contributed by atoms with Crippen molar-refractivity contribution in [2.75, 3.05) is 25.7 Å². The van der Waals surface area contributed by atoms with Gasteiger partial charge in [-0.1, -0.05) is 24.3 Å². The highest BCUT2D eigenvalue weighted by Gasteiger charge is 1.99. The predicted octanol–water partition coefficient (Wildman–Crippen LogP) is 2.29. The molecule has 15 heavy (non-hydrogen) atoms. The van der Waals surface area contributed by atoms with Gasteiger partial charge in [-0.25, -0.2) is 0 Å². The van der Waals surface area contributed by atoms with E-state index in [4.69, 9.17) is 4.74 Å². The fourth-order valence-corrected chi connectivity index (χ4v) is 1.77. The van der Waals surface area contributed by atoms with Crippen molar-refractivity contribution in [3.63, 3.8) is 0 Å². The third kappa shape index (κ3) is 4.69. The van der Waals surface area contributed by atoms with Crippen molar-refractivity contribution in [3.05, 3.63) is 35.4 Å². The molecule has 0 bridgehead atoms. The van der Waals surface area contributed by atoms with Gasteiger partial charge in [0.15, 0.2) is 0 Å². The first-order valence-corrected chi connectivity index (χ1v) is 6.53. The maximum atomic E-state index is 5.16. The molecule has 0 heterocycles. The maximum Gasteiger partial charge on any atom is 0.0716 e. The molecule has 0 atom stereocenters. The number of methoxy groups -OCH3 is 1. The van der Waals surface area contributed by atoms with E-state index in [2.05, 4.69) is 35.8 Å². The van der Waals surface area contributed by atoms with Crippen LogP contribution in [0, 0.1) is 0 Å². The standard InChI is InChI=1S/C12H19NOS/c1-14-10-12-6-4-3-5-11(12)9-13-7-8-15-2/h3-6,13H,7-10H2,1-2H3. The quantitative estimate of drug-likeness (QED) is 0.719. The zero-order valence-corrected chi connectivity index (χ0v) is 10.3. The molecule has 1 N–H and O–H groups in total. The molecule has 0 fully saturated rings. The van der Waals surface area contributed by atoms with Gasteiger partial charge in [0.05, 0.1) is 6.61 Å². The molecule has 0 aliphatic carbocycles. The highest BCUT2D eigenvalue weighted by atomic mass is 32.2. The molecule has 0 aliphatic heterocycles. The van der Waals surface area contributed by atoms with Crippen molar-refractivity contribution in [2.24, 2.45) is 0 Å². The molecule has 2 nitrogen and oxygen atoms in total. The largest absolute Gasteiger partial charge is 0.380 e. The fraction of sp³-hybridized carbons (Fsp3) is 0.500. The lowest BCUT2D eigenvalue weighted by Crippen LogP contribution is -2.17. The molecule has 0 aromatic heterocycles. The molecule has 0 aliphatic rings. The zero-order chi connectivity index (χ0) is 10.9. The van der Waals surface area contributed by atoms with E-state index >= 15 is 0 Å². The van der Waals surface area contributed by atoms with Gasteiger partial charge in [-0.15, -0.1) is 0 Å². The summed E-state index contributed by atoms with van der Waals surface area (Å²) < 4.78 is 5.16. The predicted molar refractivity (Wildman–Crippen MR) is 67.2 cm³/mol. The Hall–Kier alpha value is -0.510. The van der Waals surface area contributed by atoms with Crippen LogP contribution in [-0.4, -0.2) is 25.7 Å². The molecular formula is C12H19NOS. The van der Waals surface area contributed by atoms with Gasteiger partial charge in [-0.3, -0.25) is 0 Å². The van der Waals surface area contributed by atoms with Crippen LogP contribution in [0.2, 0.25) is 0 Å². The molecule has 0 radical (unpaired) electrons. The number of rotatable bonds is 7. The monoisotopic (exact) mass is 225 g/mol. The van der Waals surface area contributed by atoms with Crippen LogP contribution in [0.3, 0.4) is 0 Å². The lowest BCUT2D eigenvalue weighted by Gasteiger charge is -2.09. The van der Waals surface area contributed by atoms with Crippen molar-refractivity contribution in [1.29, 1.82) is 0 Å². The summed E-state index contributed by atoms with van der Waals surface area (Å²) in [4.78, 5) is 0. The topological polar surface area (TPSA) is 21.3 Å². The summed E-state index contributed by atoms with van der Waals surface area (Å²) in [5.74, 6) is 1.16. The van der Waals surface area contributed by atoms with E-state index in [0.29, 0.717) is 6.61 Å². The highest BCUT2D eigenvalue weighted by molar-refractivity contribution is 7.98. The minimum absolute atomic E-state index is 0.695.